The lowest BCUT2D eigenvalue weighted by Gasteiger charge is -2.37. The number of aromatic hydroxyl groups is 1. The molecular formula is C24H40O3. The van der Waals surface area contributed by atoms with Crippen molar-refractivity contribution >= 4 is 0 Å². The summed E-state index contributed by atoms with van der Waals surface area (Å²) < 4.78 is 0. The highest BCUT2D eigenvalue weighted by Crippen LogP contribution is 2.40. The van der Waals surface area contributed by atoms with Gasteiger partial charge in [-0.3, -0.25) is 0 Å². The summed E-state index contributed by atoms with van der Waals surface area (Å²) in [5, 5.41) is 27.5. The zero-order chi connectivity index (χ0) is 19.6. The summed E-state index contributed by atoms with van der Waals surface area (Å²) in [5.41, 5.74) is 2.10. The van der Waals surface area contributed by atoms with Crippen LogP contribution in [0.2, 0.25) is 0 Å². The van der Waals surface area contributed by atoms with Crippen molar-refractivity contribution in [2.75, 3.05) is 0 Å². The highest BCUT2D eigenvalue weighted by Gasteiger charge is 2.30. The number of aliphatic hydroxyl groups excluding tert-OH is 2. The van der Waals surface area contributed by atoms with E-state index < -0.39 is 0 Å². The third-order valence-corrected chi connectivity index (χ3v) is 6.66. The SMILES string of the molecule is Cc1cccc(O)c1C.OC1CCC2CCCCC2C1.OC1CCCCC1. The number of hydrogen-bond donors (Lipinski definition) is 3. The molecule has 3 fully saturated rings. The zero-order valence-corrected chi connectivity index (χ0v) is 17.4. The first-order valence-electron chi connectivity index (χ1n) is 11.1. The molecule has 0 spiro atoms. The molecule has 1 aromatic carbocycles. The first-order valence-corrected chi connectivity index (χ1v) is 11.1. The molecule has 3 aliphatic carbocycles. The minimum atomic E-state index is 0.0359. The van der Waals surface area contributed by atoms with Crippen molar-refractivity contribution in [3.05, 3.63) is 29.3 Å². The Morgan fingerprint density at radius 1 is 0.704 bits per heavy atom. The van der Waals surface area contributed by atoms with E-state index in [-0.39, 0.29) is 12.2 Å². The fraction of sp³-hybridized carbons (Fsp3) is 0.750. The smallest absolute Gasteiger partial charge is 0.118 e. The molecule has 0 heterocycles. The quantitative estimate of drug-likeness (QED) is 0.547. The second-order valence-electron chi connectivity index (χ2n) is 8.78. The third-order valence-electron chi connectivity index (χ3n) is 6.66. The number of aliphatic hydroxyl groups is 2. The molecule has 3 atom stereocenters. The van der Waals surface area contributed by atoms with Crippen LogP contribution in [0.5, 0.6) is 5.75 Å². The second kappa shape index (κ2) is 11.7. The molecule has 154 valence electrons. The Hall–Kier alpha value is -1.06. The van der Waals surface area contributed by atoms with E-state index in [1.54, 1.807) is 6.07 Å². The van der Waals surface area contributed by atoms with Crippen LogP contribution in [0, 0.1) is 25.7 Å². The van der Waals surface area contributed by atoms with Gasteiger partial charge in [-0.25, -0.2) is 0 Å². The van der Waals surface area contributed by atoms with E-state index in [9.17, 15) is 5.11 Å². The van der Waals surface area contributed by atoms with E-state index in [0.717, 1.165) is 48.6 Å². The summed E-state index contributed by atoms with van der Waals surface area (Å²) >= 11 is 0. The molecule has 0 aromatic heterocycles. The molecule has 0 bridgehead atoms. The van der Waals surface area contributed by atoms with E-state index in [0.29, 0.717) is 5.75 Å². The molecule has 0 saturated heterocycles. The summed E-state index contributed by atoms with van der Waals surface area (Å²) in [5.74, 6) is 2.25. The van der Waals surface area contributed by atoms with Crippen molar-refractivity contribution in [1.29, 1.82) is 0 Å². The van der Waals surface area contributed by atoms with E-state index in [4.69, 9.17) is 10.2 Å². The number of fused-ring (bicyclic) bond motifs is 1. The summed E-state index contributed by atoms with van der Waals surface area (Å²) in [6.45, 7) is 3.89. The van der Waals surface area contributed by atoms with Crippen molar-refractivity contribution in [3.8, 4) is 5.75 Å². The van der Waals surface area contributed by atoms with Crippen LogP contribution in [0.1, 0.15) is 88.2 Å². The van der Waals surface area contributed by atoms with Gasteiger partial charge in [0.2, 0.25) is 0 Å². The van der Waals surface area contributed by atoms with Gasteiger partial charge in [0.15, 0.2) is 0 Å². The van der Waals surface area contributed by atoms with Crippen molar-refractivity contribution in [1.82, 2.24) is 0 Å². The molecule has 0 amide bonds. The third kappa shape index (κ3) is 7.83. The molecule has 3 N–H and O–H groups in total. The van der Waals surface area contributed by atoms with Gasteiger partial charge in [0.05, 0.1) is 12.2 Å². The Balaban J connectivity index is 0.000000149. The van der Waals surface area contributed by atoms with Crippen molar-refractivity contribution < 1.29 is 15.3 Å². The van der Waals surface area contributed by atoms with Gasteiger partial charge < -0.3 is 15.3 Å². The summed E-state index contributed by atoms with van der Waals surface area (Å²) in [7, 11) is 0. The fourth-order valence-corrected chi connectivity index (χ4v) is 4.67. The van der Waals surface area contributed by atoms with Crippen LogP contribution in [0.15, 0.2) is 18.2 Å². The molecule has 0 aliphatic heterocycles. The fourth-order valence-electron chi connectivity index (χ4n) is 4.67. The molecule has 3 saturated carbocycles. The predicted molar refractivity (Wildman–Crippen MR) is 112 cm³/mol. The first kappa shape index (κ1) is 22.2. The Morgan fingerprint density at radius 3 is 1.89 bits per heavy atom. The molecule has 0 radical (unpaired) electrons. The van der Waals surface area contributed by atoms with Crippen LogP contribution in [-0.4, -0.2) is 27.5 Å². The van der Waals surface area contributed by atoms with Crippen LogP contribution >= 0.6 is 0 Å². The van der Waals surface area contributed by atoms with Crippen molar-refractivity contribution in [3.63, 3.8) is 0 Å². The van der Waals surface area contributed by atoms with Gasteiger partial charge in [-0.15, -0.1) is 0 Å². The number of aryl methyl sites for hydroxylation is 1. The van der Waals surface area contributed by atoms with Crippen LogP contribution in [-0.2, 0) is 0 Å². The first-order chi connectivity index (χ1) is 13.0. The molecular weight excluding hydrogens is 336 g/mol. The molecule has 3 nitrogen and oxygen atoms in total. The Bertz CT molecular complexity index is 516. The maximum absolute atomic E-state index is 9.45. The second-order valence-corrected chi connectivity index (χ2v) is 8.78. The molecule has 1 aromatic rings. The average molecular weight is 377 g/mol. The Morgan fingerprint density at radius 2 is 1.33 bits per heavy atom. The maximum atomic E-state index is 9.45. The Kier molecular flexibility index (Phi) is 9.64. The van der Waals surface area contributed by atoms with Gasteiger partial charge >= 0.3 is 0 Å². The van der Waals surface area contributed by atoms with Gasteiger partial charge in [-0.05, 0) is 75.0 Å². The normalized spacial score (nSPS) is 28.1. The van der Waals surface area contributed by atoms with E-state index in [1.807, 2.05) is 26.0 Å². The lowest BCUT2D eigenvalue weighted by molar-refractivity contribution is 0.0491. The predicted octanol–water partition coefficient (Wildman–Crippen LogP) is 5.66. The highest BCUT2D eigenvalue weighted by molar-refractivity contribution is 5.36. The number of phenols is 1. The zero-order valence-electron chi connectivity index (χ0n) is 17.4. The van der Waals surface area contributed by atoms with Crippen LogP contribution < -0.4 is 0 Å². The van der Waals surface area contributed by atoms with Gasteiger partial charge in [0.25, 0.3) is 0 Å². The van der Waals surface area contributed by atoms with E-state index >= 15 is 0 Å². The molecule has 3 unspecified atom stereocenters. The van der Waals surface area contributed by atoms with E-state index in [1.165, 1.54) is 51.4 Å². The minimum absolute atomic E-state index is 0.0359. The number of benzene rings is 1. The lowest BCUT2D eigenvalue weighted by atomic mass is 9.70. The van der Waals surface area contributed by atoms with Crippen LogP contribution in [0.4, 0.5) is 0 Å². The van der Waals surface area contributed by atoms with Crippen molar-refractivity contribution in [2.45, 2.75) is 103 Å². The molecule has 4 rings (SSSR count). The average Bonchev–Trinajstić information content (AvgIpc) is 2.67. The lowest BCUT2D eigenvalue weighted by Crippen LogP contribution is -2.29. The summed E-state index contributed by atoms with van der Waals surface area (Å²) in [6, 6.07) is 5.52. The maximum Gasteiger partial charge on any atom is 0.118 e. The largest absolute Gasteiger partial charge is 0.508 e. The standard InChI is InChI=1S/C10H18O.C8H10O.C6H12O/c11-10-6-5-8-3-1-2-4-9(8)7-10;1-6-4-3-5-8(9)7(6)2;7-6-4-2-1-3-5-6/h8-11H,1-7H2;3-5,9H,1-2H3;6-7H,1-5H2. The van der Waals surface area contributed by atoms with Gasteiger partial charge in [-0.1, -0.05) is 57.1 Å². The van der Waals surface area contributed by atoms with Gasteiger partial charge in [-0.2, -0.15) is 0 Å². The van der Waals surface area contributed by atoms with E-state index in [2.05, 4.69) is 0 Å². The monoisotopic (exact) mass is 376 g/mol. The summed E-state index contributed by atoms with van der Waals surface area (Å²) in [4.78, 5) is 0. The number of phenolic OH excluding ortho intramolecular Hbond substituents is 1. The molecule has 3 heteroatoms. The molecule has 3 aliphatic rings. The highest BCUT2D eigenvalue weighted by atomic mass is 16.3. The van der Waals surface area contributed by atoms with Gasteiger partial charge in [0.1, 0.15) is 5.75 Å². The van der Waals surface area contributed by atoms with Gasteiger partial charge in [0, 0.05) is 0 Å². The van der Waals surface area contributed by atoms with Crippen molar-refractivity contribution in [2.24, 2.45) is 11.8 Å². The van der Waals surface area contributed by atoms with Crippen LogP contribution in [0.25, 0.3) is 0 Å². The summed E-state index contributed by atoms with van der Waals surface area (Å²) in [6.07, 6.45) is 15.1. The number of rotatable bonds is 0. The topological polar surface area (TPSA) is 60.7 Å². The Labute approximate surface area is 165 Å². The van der Waals surface area contributed by atoms with Crippen LogP contribution in [0.3, 0.4) is 0 Å². The minimum Gasteiger partial charge on any atom is -0.508 e. The number of hydrogen-bond acceptors (Lipinski definition) is 3. The molecule has 27 heavy (non-hydrogen) atoms.